The molecule has 0 aliphatic carbocycles. The van der Waals surface area contributed by atoms with Crippen LogP contribution >= 0.6 is 12.4 Å². The molecule has 6 heteroatoms. The van der Waals surface area contributed by atoms with Crippen LogP contribution in [0.1, 0.15) is 29.9 Å². The van der Waals surface area contributed by atoms with Crippen molar-refractivity contribution in [3.05, 3.63) is 29.3 Å². The van der Waals surface area contributed by atoms with Crippen LogP contribution in [0.15, 0.2) is 18.2 Å². The van der Waals surface area contributed by atoms with Gasteiger partial charge in [-0.3, -0.25) is 0 Å². The number of halogens is 4. The third-order valence-corrected chi connectivity index (χ3v) is 3.25. The Morgan fingerprint density at radius 1 is 1.21 bits per heavy atom. The van der Waals surface area contributed by atoms with E-state index in [9.17, 15) is 13.2 Å². The summed E-state index contributed by atoms with van der Waals surface area (Å²) in [5.74, 6) is 0.295. The highest BCUT2D eigenvalue weighted by Crippen LogP contribution is 2.31. The zero-order chi connectivity index (χ0) is 13.2. The topological polar surface area (TPSA) is 21.3 Å². The van der Waals surface area contributed by atoms with Gasteiger partial charge in [0.05, 0.1) is 0 Å². The van der Waals surface area contributed by atoms with Gasteiger partial charge >= 0.3 is 6.36 Å². The molecule has 1 aromatic rings. The largest absolute Gasteiger partial charge is 0.573 e. The van der Waals surface area contributed by atoms with Crippen molar-refractivity contribution in [2.45, 2.75) is 32.0 Å². The van der Waals surface area contributed by atoms with E-state index in [4.69, 9.17) is 0 Å². The molecule has 1 aliphatic rings. The van der Waals surface area contributed by atoms with Crippen molar-refractivity contribution < 1.29 is 17.9 Å². The van der Waals surface area contributed by atoms with Crippen molar-refractivity contribution in [1.29, 1.82) is 0 Å². The predicted octanol–water partition coefficient (Wildman–Crippen LogP) is 3.78. The maximum absolute atomic E-state index is 12.1. The number of aryl methyl sites for hydroxylation is 1. The minimum atomic E-state index is -4.62. The van der Waals surface area contributed by atoms with Crippen molar-refractivity contribution in [2.75, 3.05) is 13.1 Å². The van der Waals surface area contributed by atoms with Crippen molar-refractivity contribution in [3.63, 3.8) is 0 Å². The van der Waals surface area contributed by atoms with Crippen molar-refractivity contribution in [2.24, 2.45) is 0 Å². The number of hydrogen-bond acceptors (Lipinski definition) is 2. The van der Waals surface area contributed by atoms with Gasteiger partial charge in [-0.25, -0.2) is 0 Å². The molecule has 2 rings (SSSR count). The molecule has 0 bridgehead atoms. The monoisotopic (exact) mass is 295 g/mol. The van der Waals surface area contributed by atoms with E-state index in [2.05, 4.69) is 10.1 Å². The SMILES string of the molecule is Cc1cc(OC(F)(F)F)ccc1C1CCNCC1.Cl. The maximum Gasteiger partial charge on any atom is 0.573 e. The Labute approximate surface area is 116 Å². The van der Waals surface area contributed by atoms with Gasteiger partial charge in [-0.1, -0.05) is 6.07 Å². The maximum atomic E-state index is 12.1. The molecule has 108 valence electrons. The van der Waals surface area contributed by atoms with Crippen molar-refractivity contribution in [1.82, 2.24) is 5.32 Å². The second-order valence-corrected chi connectivity index (χ2v) is 4.59. The highest BCUT2D eigenvalue weighted by atomic mass is 35.5. The van der Waals surface area contributed by atoms with Crippen LogP contribution in [0.25, 0.3) is 0 Å². The molecule has 1 aliphatic heterocycles. The van der Waals surface area contributed by atoms with Crippen molar-refractivity contribution in [3.8, 4) is 5.75 Å². The van der Waals surface area contributed by atoms with Crippen LogP contribution in [-0.4, -0.2) is 19.5 Å². The summed E-state index contributed by atoms with van der Waals surface area (Å²) < 4.78 is 40.2. The highest BCUT2D eigenvalue weighted by Gasteiger charge is 2.31. The third kappa shape index (κ3) is 4.58. The minimum Gasteiger partial charge on any atom is -0.406 e. The quantitative estimate of drug-likeness (QED) is 0.896. The second kappa shape index (κ2) is 6.48. The van der Waals surface area contributed by atoms with Crippen LogP contribution < -0.4 is 10.1 Å². The van der Waals surface area contributed by atoms with E-state index in [-0.39, 0.29) is 18.2 Å². The molecule has 1 N–H and O–H groups in total. The smallest absolute Gasteiger partial charge is 0.406 e. The molecule has 0 aromatic heterocycles. The first-order chi connectivity index (χ1) is 8.46. The molecular weight excluding hydrogens is 279 g/mol. The molecule has 0 radical (unpaired) electrons. The van der Waals surface area contributed by atoms with E-state index in [1.54, 1.807) is 6.07 Å². The van der Waals surface area contributed by atoms with E-state index < -0.39 is 6.36 Å². The summed E-state index contributed by atoms with van der Waals surface area (Å²) in [5, 5.41) is 3.27. The molecule has 1 saturated heterocycles. The molecule has 0 saturated carbocycles. The van der Waals surface area contributed by atoms with E-state index in [1.165, 1.54) is 12.1 Å². The summed E-state index contributed by atoms with van der Waals surface area (Å²) in [4.78, 5) is 0. The van der Waals surface area contributed by atoms with E-state index >= 15 is 0 Å². The molecule has 2 nitrogen and oxygen atoms in total. The number of nitrogens with one attached hydrogen (secondary N) is 1. The first-order valence-electron chi connectivity index (χ1n) is 6.03. The fraction of sp³-hybridized carbons (Fsp3) is 0.538. The van der Waals surface area contributed by atoms with Gasteiger partial charge in [0.25, 0.3) is 0 Å². The normalized spacial score (nSPS) is 16.8. The fourth-order valence-corrected chi connectivity index (χ4v) is 2.44. The summed E-state index contributed by atoms with van der Waals surface area (Å²) in [5.41, 5.74) is 2.00. The first-order valence-corrected chi connectivity index (χ1v) is 6.03. The minimum absolute atomic E-state index is 0. The van der Waals surface area contributed by atoms with Gasteiger partial charge in [0.15, 0.2) is 0 Å². The summed E-state index contributed by atoms with van der Waals surface area (Å²) in [7, 11) is 0. The summed E-state index contributed by atoms with van der Waals surface area (Å²) >= 11 is 0. The number of benzene rings is 1. The standard InChI is InChI=1S/C13H16F3NO.ClH/c1-9-8-11(18-13(14,15)16)2-3-12(9)10-4-6-17-7-5-10;/h2-3,8,10,17H,4-7H2,1H3;1H. The van der Waals surface area contributed by atoms with Crippen LogP contribution in [-0.2, 0) is 0 Å². The lowest BCUT2D eigenvalue weighted by atomic mass is 9.87. The van der Waals surface area contributed by atoms with E-state index in [0.717, 1.165) is 37.1 Å². The Hall–Kier alpha value is -0.940. The van der Waals surface area contributed by atoms with Gasteiger partial charge in [-0.15, -0.1) is 25.6 Å². The van der Waals surface area contributed by atoms with Gasteiger partial charge in [0.2, 0.25) is 0 Å². The molecule has 19 heavy (non-hydrogen) atoms. The highest BCUT2D eigenvalue weighted by molar-refractivity contribution is 5.85. The number of ether oxygens (including phenoxy) is 1. The zero-order valence-corrected chi connectivity index (χ0v) is 11.4. The molecule has 0 spiro atoms. The summed E-state index contributed by atoms with van der Waals surface area (Å²) in [6, 6.07) is 4.62. The molecule has 1 heterocycles. The Morgan fingerprint density at radius 2 is 1.84 bits per heavy atom. The van der Waals surface area contributed by atoms with Crippen LogP contribution in [0, 0.1) is 6.92 Å². The van der Waals surface area contributed by atoms with E-state index in [0.29, 0.717) is 5.92 Å². The van der Waals surface area contributed by atoms with Crippen molar-refractivity contribution >= 4 is 12.4 Å². The Morgan fingerprint density at radius 3 is 2.37 bits per heavy atom. The average Bonchev–Trinajstić information content (AvgIpc) is 2.28. The molecule has 1 fully saturated rings. The number of alkyl halides is 3. The first kappa shape index (κ1) is 16.1. The second-order valence-electron chi connectivity index (χ2n) is 4.59. The molecular formula is C13H17ClF3NO. The zero-order valence-electron chi connectivity index (χ0n) is 10.6. The van der Waals surface area contributed by atoms with Gasteiger partial charge in [-0.2, -0.15) is 0 Å². The number of hydrogen-bond donors (Lipinski definition) is 1. The van der Waals surface area contributed by atoms with Gasteiger partial charge in [-0.05, 0) is 62.0 Å². The Bertz CT molecular complexity index is 417. The van der Waals surface area contributed by atoms with Gasteiger partial charge < -0.3 is 10.1 Å². The number of rotatable bonds is 2. The third-order valence-electron chi connectivity index (χ3n) is 3.25. The fourth-order valence-electron chi connectivity index (χ4n) is 2.44. The average molecular weight is 296 g/mol. The Kier molecular flexibility index (Phi) is 5.50. The summed E-state index contributed by atoms with van der Waals surface area (Å²) in [6.07, 6.45) is -2.57. The van der Waals surface area contributed by atoms with Crippen LogP contribution in [0.3, 0.4) is 0 Å². The predicted molar refractivity (Wildman–Crippen MR) is 70.0 cm³/mol. The Balaban J connectivity index is 0.00000180. The number of piperidine rings is 1. The van der Waals surface area contributed by atoms with Crippen LogP contribution in [0.2, 0.25) is 0 Å². The molecule has 0 atom stereocenters. The van der Waals surface area contributed by atoms with E-state index in [1.807, 2.05) is 6.92 Å². The van der Waals surface area contributed by atoms with Gasteiger partial charge in [0, 0.05) is 0 Å². The molecule has 0 unspecified atom stereocenters. The summed E-state index contributed by atoms with van der Waals surface area (Å²) in [6.45, 7) is 3.76. The molecule has 0 amide bonds. The lowest BCUT2D eigenvalue weighted by molar-refractivity contribution is -0.274. The van der Waals surface area contributed by atoms with Crippen LogP contribution in [0.5, 0.6) is 5.75 Å². The van der Waals surface area contributed by atoms with Crippen LogP contribution in [0.4, 0.5) is 13.2 Å². The lowest BCUT2D eigenvalue weighted by Crippen LogP contribution is -2.27. The van der Waals surface area contributed by atoms with Gasteiger partial charge in [0.1, 0.15) is 5.75 Å². The molecule has 1 aromatic carbocycles. The lowest BCUT2D eigenvalue weighted by Gasteiger charge is -2.24.